The Morgan fingerprint density at radius 2 is 1.73 bits per heavy atom. The second-order valence-corrected chi connectivity index (χ2v) is 9.16. The highest BCUT2D eigenvalue weighted by molar-refractivity contribution is 9.10. The van der Waals surface area contributed by atoms with Crippen molar-refractivity contribution >= 4 is 50.1 Å². The van der Waals surface area contributed by atoms with Gasteiger partial charge in [0.25, 0.3) is 0 Å². The van der Waals surface area contributed by atoms with Crippen LogP contribution in [-0.4, -0.2) is 44.8 Å². The van der Waals surface area contributed by atoms with Gasteiger partial charge in [-0.1, -0.05) is 15.9 Å². The molecule has 0 saturated heterocycles. The van der Waals surface area contributed by atoms with Crippen molar-refractivity contribution in [2.45, 2.75) is 46.6 Å². The third-order valence-electron chi connectivity index (χ3n) is 4.58. The van der Waals surface area contributed by atoms with E-state index < -0.39 is 11.9 Å². The Balaban J connectivity index is 2.24. The second kappa shape index (κ2) is 12.0. The fourth-order valence-corrected chi connectivity index (χ4v) is 4.65. The molecule has 2 aromatic rings. The van der Waals surface area contributed by atoms with Crippen LogP contribution in [0, 0.1) is 6.92 Å². The van der Waals surface area contributed by atoms with Gasteiger partial charge in [0.15, 0.2) is 11.5 Å². The zero-order chi connectivity index (χ0) is 24.7. The van der Waals surface area contributed by atoms with Crippen LogP contribution in [0.5, 0.6) is 11.5 Å². The molecule has 0 aliphatic heterocycles. The average Bonchev–Trinajstić information content (AvgIpc) is 3.08. The maximum atomic E-state index is 12.7. The summed E-state index contributed by atoms with van der Waals surface area (Å²) < 4.78 is 21.8. The molecular formula is C23H28BrNO7S. The molecule has 1 aromatic carbocycles. The minimum absolute atomic E-state index is 0.138. The van der Waals surface area contributed by atoms with Crippen molar-refractivity contribution < 1.29 is 33.3 Å². The van der Waals surface area contributed by atoms with Gasteiger partial charge >= 0.3 is 11.9 Å². The summed E-state index contributed by atoms with van der Waals surface area (Å²) in [4.78, 5) is 38.0. The van der Waals surface area contributed by atoms with Crippen molar-refractivity contribution in [3.05, 3.63) is 38.2 Å². The second-order valence-electron chi connectivity index (χ2n) is 7.28. The summed E-state index contributed by atoms with van der Waals surface area (Å²) in [7, 11) is 3.09. The monoisotopic (exact) mass is 541 g/mol. The van der Waals surface area contributed by atoms with Crippen molar-refractivity contribution in [1.29, 1.82) is 0 Å². The number of carbonyl (C=O) groups excluding carboxylic acids is 3. The summed E-state index contributed by atoms with van der Waals surface area (Å²) >= 11 is 4.49. The summed E-state index contributed by atoms with van der Waals surface area (Å²) in [5, 5.41) is 3.02. The Morgan fingerprint density at radius 3 is 2.30 bits per heavy atom. The van der Waals surface area contributed by atoms with Crippen molar-refractivity contribution in [1.82, 2.24) is 0 Å². The summed E-state index contributed by atoms with van der Waals surface area (Å²) in [6, 6.07) is 3.58. The smallest absolute Gasteiger partial charge is 0.348 e. The molecule has 0 atom stereocenters. The lowest BCUT2D eigenvalue weighted by Crippen LogP contribution is -2.15. The predicted molar refractivity (Wildman–Crippen MR) is 130 cm³/mol. The molecular weight excluding hydrogens is 514 g/mol. The molecule has 0 fully saturated rings. The molecule has 180 valence electrons. The van der Waals surface area contributed by atoms with Crippen molar-refractivity contribution in [2.24, 2.45) is 0 Å². The first-order valence-electron chi connectivity index (χ1n) is 10.3. The zero-order valence-corrected chi connectivity index (χ0v) is 21.9. The van der Waals surface area contributed by atoms with E-state index in [2.05, 4.69) is 21.2 Å². The third-order valence-corrected chi connectivity index (χ3v) is 6.51. The normalized spacial score (nSPS) is 10.7. The number of benzene rings is 1. The van der Waals surface area contributed by atoms with Gasteiger partial charge in [-0.2, -0.15) is 0 Å². The number of carbonyl (C=O) groups is 3. The quantitative estimate of drug-likeness (QED) is 0.415. The Labute approximate surface area is 205 Å². The molecule has 10 heteroatoms. The predicted octanol–water partition coefficient (Wildman–Crippen LogP) is 5.15. The van der Waals surface area contributed by atoms with Gasteiger partial charge in [0.1, 0.15) is 9.88 Å². The van der Waals surface area contributed by atoms with E-state index in [1.165, 1.54) is 0 Å². The molecule has 8 nitrogen and oxygen atoms in total. The minimum atomic E-state index is -0.604. The molecule has 1 N–H and O–H groups in total. The molecule has 1 heterocycles. The number of ether oxygens (including phenoxy) is 4. The van der Waals surface area contributed by atoms with Gasteiger partial charge < -0.3 is 24.3 Å². The van der Waals surface area contributed by atoms with Crippen LogP contribution in [0.1, 0.15) is 58.3 Å². The van der Waals surface area contributed by atoms with E-state index in [-0.39, 0.29) is 40.5 Å². The molecule has 0 saturated carbocycles. The third kappa shape index (κ3) is 6.70. The van der Waals surface area contributed by atoms with Gasteiger partial charge in [0.2, 0.25) is 5.91 Å². The van der Waals surface area contributed by atoms with E-state index in [1.54, 1.807) is 54.0 Å². The summed E-state index contributed by atoms with van der Waals surface area (Å²) in [5.74, 6) is -0.331. The van der Waals surface area contributed by atoms with E-state index in [4.69, 9.17) is 18.9 Å². The lowest BCUT2D eigenvalue weighted by Gasteiger charge is -2.12. The highest BCUT2D eigenvalue weighted by Gasteiger charge is 2.27. The first-order valence-corrected chi connectivity index (χ1v) is 12.0. The number of hydrogen-bond acceptors (Lipinski definition) is 8. The number of amides is 1. The number of halogens is 1. The molecule has 1 aromatic heterocycles. The van der Waals surface area contributed by atoms with E-state index in [9.17, 15) is 14.4 Å². The maximum Gasteiger partial charge on any atom is 0.348 e. The summed E-state index contributed by atoms with van der Waals surface area (Å²) in [5.41, 5.74) is 1.44. The van der Waals surface area contributed by atoms with Crippen LogP contribution >= 0.6 is 27.3 Å². The van der Waals surface area contributed by atoms with E-state index >= 15 is 0 Å². The molecule has 0 aliphatic rings. The molecule has 0 spiro atoms. The van der Waals surface area contributed by atoms with Crippen LogP contribution in [0.25, 0.3) is 0 Å². The topological polar surface area (TPSA) is 100 Å². The largest absolute Gasteiger partial charge is 0.493 e. The van der Waals surface area contributed by atoms with Gasteiger partial charge in [-0.25, -0.2) is 9.59 Å². The number of hydrogen-bond donors (Lipinski definition) is 1. The van der Waals surface area contributed by atoms with Gasteiger partial charge in [-0.15, -0.1) is 11.3 Å². The number of thiophene rings is 1. The van der Waals surface area contributed by atoms with Crippen LogP contribution in [-0.2, 0) is 20.7 Å². The number of rotatable bonds is 10. The van der Waals surface area contributed by atoms with Crippen LogP contribution in [0.15, 0.2) is 16.6 Å². The van der Waals surface area contributed by atoms with E-state index in [1.807, 2.05) is 0 Å². The zero-order valence-electron chi connectivity index (χ0n) is 19.5. The van der Waals surface area contributed by atoms with Crippen molar-refractivity contribution in [3.8, 4) is 11.5 Å². The highest BCUT2D eigenvalue weighted by atomic mass is 79.9. The Hall–Kier alpha value is -2.59. The van der Waals surface area contributed by atoms with Gasteiger partial charge in [0, 0.05) is 10.9 Å². The van der Waals surface area contributed by atoms with Crippen LogP contribution in [0.2, 0.25) is 0 Å². The molecule has 0 unspecified atom stereocenters. The Kier molecular flexibility index (Phi) is 9.72. The van der Waals surface area contributed by atoms with Crippen molar-refractivity contribution in [3.63, 3.8) is 0 Å². The molecule has 0 radical (unpaired) electrons. The van der Waals surface area contributed by atoms with Crippen LogP contribution in [0.3, 0.4) is 0 Å². The summed E-state index contributed by atoms with van der Waals surface area (Å²) in [6.45, 7) is 6.97. The van der Waals surface area contributed by atoms with Crippen LogP contribution in [0.4, 0.5) is 5.00 Å². The number of aryl methyl sites for hydroxylation is 1. The highest BCUT2D eigenvalue weighted by Crippen LogP contribution is 2.36. The van der Waals surface area contributed by atoms with Crippen molar-refractivity contribution in [2.75, 3.05) is 26.1 Å². The fourth-order valence-electron chi connectivity index (χ4n) is 3.04. The van der Waals surface area contributed by atoms with E-state index in [0.717, 1.165) is 21.4 Å². The Bertz CT molecular complexity index is 1030. The van der Waals surface area contributed by atoms with Crippen LogP contribution < -0.4 is 14.8 Å². The SMILES string of the molecule is CCOC(=O)c1c(NC(=O)CCc2cc(OC)c(OC)cc2Br)sc(C(=O)OC(C)C)c1C. The first-order chi connectivity index (χ1) is 15.6. The number of anilines is 1. The Morgan fingerprint density at radius 1 is 1.09 bits per heavy atom. The molecule has 0 aliphatic carbocycles. The minimum Gasteiger partial charge on any atom is -0.493 e. The summed E-state index contributed by atoms with van der Waals surface area (Å²) in [6.07, 6.45) is 0.232. The molecule has 0 bridgehead atoms. The molecule has 1 amide bonds. The standard InChI is InChI=1S/C23H28BrNO7S/c1-7-31-22(27)19-13(4)20(23(28)32-12(2)3)33-21(19)25-18(26)9-8-14-10-16(29-5)17(30-6)11-15(14)24/h10-12H,7-9H2,1-6H3,(H,25,26). The van der Waals surface area contributed by atoms with Gasteiger partial charge in [0.05, 0.1) is 32.5 Å². The van der Waals surface area contributed by atoms with Gasteiger partial charge in [-0.3, -0.25) is 4.79 Å². The lowest BCUT2D eigenvalue weighted by atomic mass is 10.1. The number of methoxy groups -OCH3 is 2. The molecule has 33 heavy (non-hydrogen) atoms. The van der Waals surface area contributed by atoms with Gasteiger partial charge in [-0.05, 0) is 57.4 Å². The lowest BCUT2D eigenvalue weighted by molar-refractivity contribution is -0.116. The average molecular weight is 542 g/mol. The number of nitrogens with one attached hydrogen (secondary N) is 1. The number of esters is 2. The maximum absolute atomic E-state index is 12.7. The van der Waals surface area contributed by atoms with E-state index in [0.29, 0.717) is 23.5 Å². The fraction of sp³-hybridized carbons (Fsp3) is 0.435. The molecule has 2 rings (SSSR count). The first kappa shape index (κ1) is 26.7.